The van der Waals surface area contributed by atoms with E-state index in [0.717, 1.165) is 10.8 Å². The summed E-state index contributed by atoms with van der Waals surface area (Å²) in [6, 6.07) is 15.4. The van der Waals surface area contributed by atoms with Crippen molar-refractivity contribution in [1.82, 2.24) is 0 Å². The molecule has 0 heterocycles. The maximum Gasteiger partial charge on any atom is 0.200 e. The zero-order chi connectivity index (χ0) is 17.7. The summed E-state index contributed by atoms with van der Waals surface area (Å²) in [5, 5.41) is 2.75. The monoisotopic (exact) mass is 344 g/mol. The van der Waals surface area contributed by atoms with Gasteiger partial charge in [-0.25, -0.2) is 22.0 Å². The van der Waals surface area contributed by atoms with Crippen LogP contribution in [0.5, 0.6) is 0 Å². The van der Waals surface area contributed by atoms with Gasteiger partial charge >= 0.3 is 0 Å². The van der Waals surface area contributed by atoms with E-state index < -0.39 is 34.6 Å². The third-order valence-corrected chi connectivity index (χ3v) is 4.23. The molecule has 0 aliphatic rings. The molecule has 4 rings (SSSR count). The average Bonchev–Trinajstić information content (AvgIpc) is 2.63. The molecule has 0 amide bonds. The molecule has 5 heteroatoms. The van der Waals surface area contributed by atoms with Crippen molar-refractivity contribution in [3.8, 4) is 11.1 Å². The molecule has 0 unspecified atom stereocenters. The fourth-order valence-electron chi connectivity index (χ4n) is 3.03. The van der Waals surface area contributed by atoms with Crippen LogP contribution in [0.3, 0.4) is 0 Å². The molecule has 0 aromatic heterocycles. The largest absolute Gasteiger partial charge is 0.203 e. The second-order valence-corrected chi connectivity index (χ2v) is 5.67. The molecule has 0 aliphatic carbocycles. The third kappa shape index (κ3) is 2.27. The van der Waals surface area contributed by atoms with Crippen LogP contribution in [0.15, 0.2) is 54.6 Å². The summed E-state index contributed by atoms with van der Waals surface area (Å²) in [6.45, 7) is 0. The Morgan fingerprint density at radius 1 is 0.480 bits per heavy atom. The lowest BCUT2D eigenvalue weighted by atomic mass is 9.94. The van der Waals surface area contributed by atoms with Crippen molar-refractivity contribution in [2.75, 3.05) is 0 Å². The van der Waals surface area contributed by atoms with E-state index in [4.69, 9.17) is 0 Å². The van der Waals surface area contributed by atoms with E-state index in [1.165, 1.54) is 12.1 Å². The molecule has 25 heavy (non-hydrogen) atoms. The van der Waals surface area contributed by atoms with Crippen molar-refractivity contribution < 1.29 is 22.0 Å². The van der Waals surface area contributed by atoms with E-state index in [1.54, 1.807) is 24.3 Å². The highest BCUT2D eigenvalue weighted by Gasteiger charge is 2.27. The lowest BCUT2D eigenvalue weighted by molar-refractivity contribution is 0.381. The van der Waals surface area contributed by atoms with Crippen LogP contribution in [0, 0.1) is 29.1 Å². The fourth-order valence-corrected chi connectivity index (χ4v) is 3.03. The van der Waals surface area contributed by atoms with Gasteiger partial charge in [0.05, 0.1) is 5.56 Å². The molecule has 0 nitrogen and oxygen atoms in total. The summed E-state index contributed by atoms with van der Waals surface area (Å²) >= 11 is 0. The standard InChI is InChI=1S/C20H9F5/c21-16-15(17(22)19(24)20(25)18(16)23)13-7-3-6-12-8-10-4-1-2-5-11(10)9-14(12)13/h1-9H. The van der Waals surface area contributed by atoms with Gasteiger partial charge in [-0.2, -0.15) is 0 Å². The van der Waals surface area contributed by atoms with E-state index in [0.29, 0.717) is 10.8 Å². The number of fused-ring (bicyclic) bond motifs is 2. The predicted molar refractivity (Wildman–Crippen MR) is 86.7 cm³/mol. The van der Waals surface area contributed by atoms with Crippen LogP contribution in [0.4, 0.5) is 22.0 Å². The Hall–Kier alpha value is -2.95. The SMILES string of the molecule is Fc1c(F)c(F)c(-c2cccc3cc4ccccc4cc23)c(F)c1F. The quantitative estimate of drug-likeness (QED) is 0.163. The average molecular weight is 344 g/mol. The van der Waals surface area contributed by atoms with Gasteiger partial charge in [-0.05, 0) is 39.2 Å². The molecule has 0 N–H and O–H groups in total. The highest BCUT2D eigenvalue weighted by Crippen LogP contribution is 2.37. The molecule has 0 radical (unpaired) electrons. The van der Waals surface area contributed by atoms with E-state index in [9.17, 15) is 22.0 Å². The summed E-state index contributed by atoms with van der Waals surface area (Å²) < 4.78 is 68.9. The Morgan fingerprint density at radius 2 is 1.00 bits per heavy atom. The van der Waals surface area contributed by atoms with Crippen molar-refractivity contribution in [2.45, 2.75) is 0 Å². The Balaban J connectivity index is 2.14. The first-order chi connectivity index (χ1) is 12.0. The Morgan fingerprint density at radius 3 is 1.64 bits per heavy atom. The van der Waals surface area contributed by atoms with Crippen LogP contribution in [0.2, 0.25) is 0 Å². The molecule has 4 aromatic carbocycles. The molecule has 0 fully saturated rings. The van der Waals surface area contributed by atoms with Gasteiger partial charge in [0.2, 0.25) is 5.82 Å². The van der Waals surface area contributed by atoms with E-state index in [1.807, 2.05) is 18.2 Å². The number of hydrogen-bond donors (Lipinski definition) is 0. The second kappa shape index (κ2) is 5.55. The molecule has 4 aromatic rings. The van der Waals surface area contributed by atoms with Crippen LogP contribution >= 0.6 is 0 Å². The van der Waals surface area contributed by atoms with E-state index in [-0.39, 0.29) is 5.56 Å². The normalized spacial score (nSPS) is 11.4. The molecular formula is C20H9F5. The lowest BCUT2D eigenvalue weighted by Gasteiger charge is -2.12. The maximum absolute atomic E-state index is 14.2. The molecule has 0 bridgehead atoms. The van der Waals surface area contributed by atoms with Gasteiger partial charge in [0.1, 0.15) is 0 Å². The molecular weight excluding hydrogens is 335 g/mol. The first kappa shape index (κ1) is 15.6. The zero-order valence-electron chi connectivity index (χ0n) is 12.6. The summed E-state index contributed by atoms with van der Waals surface area (Å²) in [5.41, 5.74) is -0.965. The topological polar surface area (TPSA) is 0 Å². The van der Waals surface area contributed by atoms with Gasteiger partial charge < -0.3 is 0 Å². The lowest BCUT2D eigenvalue weighted by Crippen LogP contribution is -2.04. The molecule has 124 valence electrons. The minimum Gasteiger partial charge on any atom is -0.203 e. The number of hydrogen-bond acceptors (Lipinski definition) is 0. The molecule has 0 saturated carbocycles. The van der Waals surface area contributed by atoms with Gasteiger partial charge in [-0.3, -0.25) is 0 Å². The van der Waals surface area contributed by atoms with Crippen molar-refractivity contribution in [2.24, 2.45) is 0 Å². The molecule has 0 saturated heterocycles. The summed E-state index contributed by atoms with van der Waals surface area (Å²) in [7, 11) is 0. The van der Waals surface area contributed by atoms with E-state index in [2.05, 4.69) is 0 Å². The third-order valence-electron chi connectivity index (χ3n) is 4.23. The maximum atomic E-state index is 14.2. The fraction of sp³-hybridized carbons (Fsp3) is 0. The Kier molecular flexibility index (Phi) is 3.46. The molecule has 0 spiro atoms. The highest BCUT2D eigenvalue weighted by atomic mass is 19.2. The van der Waals surface area contributed by atoms with Crippen LogP contribution < -0.4 is 0 Å². The van der Waals surface area contributed by atoms with Crippen LogP contribution in [0.25, 0.3) is 32.7 Å². The van der Waals surface area contributed by atoms with Crippen molar-refractivity contribution in [3.63, 3.8) is 0 Å². The molecule has 0 aliphatic heterocycles. The van der Waals surface area contributed by atoms with Gasteiger partial charge in [-0.15, -0.1) is 0 Å². The zero-order valence-corrected chi connectivity index (χ0v) is 12.6. The smallest absolute Gasteiger partial charge is 0.200 e. The summed E-state index contributed by atoms with van der Waals surface area (Å²) in [6.07, 6.45) is 0. The van der Waals surface area contributed by atoms with Crippen LogP contribution in [-0.4, -0.2) is 0 Å². The van der Waals surface area contributed by atoms with Crippen LogP contribution in [-0.2, 0) is 0 Å². The second-order valence-electron chi connectivity index (χ2n) is 5.67. The number of rotatable bonds is 1. The highest BCUT2D eigenvalue weighted by molar-refractivity contribution is 6.05. The Labute approximate surface area is 139 Å². The van der Waals surface area contributed by atoms with Gasteiger partial charge in [-0.1, -0.05) is 42.5 Å². The van der Waals surface area contributed by atoms with E-state index >= 15 is 0 Å². The summed E-state index contributed by atoms with van der Waals surface area (Å²) in [5.74, 6) is -9.74. The van der Waals surface area contributed by atoms with Crippen molar-refractivity contribution in [3.05, 3.63) is 83.7 Å². The van der Waals surface area contributed by atoms with Gasteiger partial charge in [0, 0.05) is 0 Å². The predicted octanol–water partition coefficient (Wildman–Crippen LogP) is 6.36. The van der Waals surface area contributed by atoms with Crippen molar-refractivity contribution in [1.29, 1.82) is 0 Å². The minimum absolute atomic E-state index is 0.0453. The minimum atomic E-state index is -2.16. The number of halogens is 5. The van der Waals surface area contributed by atoms with Gasteiger partial charge in [0.25, 0.3) is 0 Å². The Bertz CT molecular complexity index is 1120. The first-order valence-corrected chi connectivity index (χ1v) is 7.42. The number of benzene rings is 4. The van der Waals surface area contributed by atoms with Gasteiger partial charge in [0.15, 0.2) is 23.3 Å². The molecule has 0 atom stereocenters. The van der Waals surface area contributed by atoms with Crippen molar-refractivity contribution >= 4 is 21.5 Å². The first-order valence-electron chi connectivity index (χ1n) is 7.42. The summed E-state index contributed by atoms with van der Waals surface area (Å²) in [4.78, 5) is 0. The van der Waals surface area contributed by atoms with Crippen LogP contribution in [0.1, 0.15) is 0 Å².